The summed E-state index contributed by atoms with van der Waals surface area (Å²) in [4.78, 5) is 4.00. The molecule has 1 heterocycles. The van der Waals surface area contributed by atoms with Gasteiger partial charge in [0.2, 0.25) is 0 Å². The second-order valence-corrected chi connectivity index (χ2v) is 5.28. The number of aromatic nitrogens is 1. The Labute approximate surface area is 125 Å². The molecule has 0 saturated heterocycles. The molecular formula is C17H20N2O2. The van der Waals surface area contributed by atoms with Crippen LogP contribution in [0.5, 0.6) is 11.5 Å². The molecule has 2 aromatic rings. The van der Waals surface area contributed by atoms with Crippen LogP contribution in [-0.2, 0) is 13.2 Å². The molecule has 0 amide bonds. The number of benzene rings is 1. The van der Waals surface area contributed by atoms with Crippen molar-refractivity contribution in [2.75, 3.05) is 7.11 Å². The van der Waals surface area contributed by atoms with Gasteiger partial charge in [-0.2, -0.15) is 0 Å². The first-order chi connectivity index (χ1) is 10.3. The van der Waals surface area contributed by atoms with Gasteiger partial charge in [-0.15, -0.1) is 0 Å². The third kappa shape index (κ3) is 3.95. The van der Waals surface area contributed by atoms with E-state index in [0.717, 1.165) is 23.6 Å². The van der Waals surface area contributed by atoms with Crippen molar-refractivity contribution < 1.29 is 9.47 Å². The molecule has 0 atom stereocenters. The third-order valence-electron chi connectivity index (χ3n) is 3.54. The zero-order valence-corrected chi connectivity index (χ0v) is 12.2. The van der Waals surface area contributed by atoms with E-state index in [1.54, 1.807) is 19.5 Å². The lowest BCUT2D eigenvalue weighted by Crippen LogP contribution is -2.15. The monoisotopic (exact) mass is 284 g/mol. The lowest BCUT2D eigenvalue weighted by molar-refractivity contribution is 0.284. The highest BCUT2D eigenvalue weighted by Gasteiger charge is 2.20. The first-order valence-corrected chi connectivity index (χ1v) is 7.27. The summed E-state index contributed by atoms with van der Waals surface area (Å²) in [6.45, 7) is 1.39. The Kier molecular flexibility index (Phi) is 4.36. The van der Waals surface area contributed by atoms with Gasteiger partial charge in [-0.25, -0.2) is 0 Å². The normalized spacial score (nSPS) is 14.0. The average Bonchev–Trinajstić information content (AvgIpc) is 3.36. The molecule has 110 valence electrons. The molecule has 0 bridgehead atoms. The highest BCUT2D eigenvalue weighted by Crippen LogP contribution is 2.29. The van der Waals surface area contributed by atoms with Gasteiger partial charge in [-0.3, -0.25) is 4.98 Å². The molecule has 21 heavy (non-hydrogen) atoms. The van der Waals surface area contributed by atoms with Crippen LogP contribution in [0, 0.1) is 0 Å². The number of rotatable bonds is 7. The fourth-order valence-electron chi connectivity index (χ4n) is 2.13. The summed E-state index contributed by atoms with van der Waals surface area (Å²) in [6.07, 6.45) is 6.12. The molecule has 0 unspecified atom stereocenters. The molecule has 0 spiro atoms. The van der Waals surface area contributed by atoms with E-state index in [9.17, 15) is 0 Å². The van der Waals surface area contributed by atoms with Gasteiger partial charge in [-0.1, -0.05) is 6.07 Å². The van der Waals surface area contributed by atoms with E-state index in [0.29, 0.717) is 12.6 Å². The topological polar surface area (TPSA) is 43.4 Å². The number of hydrogen-bond donors (Lipinski definition) is 1. The second kappa shape index (κ2) is 6.59. The molecule has 1 aliphatic carbocycles. The van der Waals surface area contributed by atoms with Crippen LogP contribution in [0.1, 0.15) is 24.0 Å². The number of hydrogen-bond acceptors (Lipinski definition) is 4. The number of ether oxygens (including phenoxy) is 2. The maximum atomic E-state index is 5.83. The first kappa shape index (κ1) is 13.9. The number of methoxy groups -OCH3 is 1. The first-order valence-electron chi connectivity index (χ1n) is 7.27. The highest BCUT2D eigenvalue weighted by atomic mass is 16.5. The summed E-state index contributed by atoms with van der Waals surface area (Å²) < 4.78 is 11.3. The molecule has 1 aliphatic rings. The van der Waals surface area contributed by atoms with Crippen molar-refractivity contribution in [2.24, 2.45) is 0 Å². The predicted molar refractivity (Wildman–Crippen MR) is 81.4 cm³/mol. The van der Waals surface area contributed by atoms with E-state index >= 15 is 0 Å². The Morgan fingerprint density at radius 3 is 2.62 bits per heavy atom. The molecule has 4 nitrogen and oxygen atoms in total. The van der Waals surface area contributed by atoms with Crippen LogP contribution in [0.25, 0.3) is 0 Å². The standard InChI is InChI=1S/C17H20N2O2/c1-20-17-10-14(11-19-15-3-4-15)2-5-16(17)21-12-13-6-8-18-9-7-13/h2,5-10,15,19H,3-4,11-12H2,1H3. The lowest BCUT2D eigenvalue weighted by atomic mass is 10.2. The SMILES string of the molecule is COc1cc(CNC2CC2)ccc1OCc1ccncc1. The van der Waals surface area contributed by atoms with Crippen molar-refractivity contribution >= 4 is 0 Å². The summed E-state index contributed by atoms with van der Waals surface area (Å²) in [5, 5.41) is 3.50. The van der Waals surface area contributed by atoms with Gasteiger partial charge in [0.25, 0.3) is 0 Å². The Bertz CT molecular complexity index is 583. The Balaban J connectivity index is 1.63. The fourth-order valence-corrected chi connectivity index (χ4v) is 2.13. The third-order valence-corrected chi connectivity index (χ3v) is 3.54. The van der Waals surface area contributed by atoms with Crippen LogP contribution in [0.2, 0.25) is 0 Å². The molecule has 0 radical (unpaired) electrons. The van der Waals surface area contributed by atoms with E-state index in [2.05, 4.69) is 16.4 Å². The van der Waals surface area contributed by atoms with E-state index < -0.39 is 0 Å². The minimum atomic E-state index is 0.512. The minimum absolute atomic E-state index is 0.512. The van der Waals surface area contributed by atoms with Gasteiger partial charge < -0.3 is 14.8 Å². The molecule has 1 fully saturated rings. The zero-order valence-electron chi connectivity index (χ0n) is 12.2. The predicted octanol–water partition coefficient (Wildman–Crippen LogP) is 2.92. The van der Waals surface area contributed by atoms with Crippen molar-refractivity contribution in [3.8, 4) is 11.5 Å². The van der Waals surface area contributed by atoms with Crippen LogP contribution in [0.3, 0.4) is 0 Å². The summed E-state index contributed by atoms with van der Waals surface area (Å²) in [5.74, 6) is 1.55. The molecule has 4 heteroatoms. The van der Waals surface area contributed by atoms with E-state index in [1.807, 2.05) is 24.3 Å². The van der Waals surface area contributed by atoms with E-state index in [-0.39, 0.29) is 0 Å². The van der Waals surface area contributed by atoms with Crippen molar-refractivity contribution in [2.45, 2.75) is 32.0 Å². The maximum absolute atomic E-state index is 5.83. The highest BCUT2D eigenvalue weighted by molar-refractivity contribution is 5.43. The molecule has 1 aromatic carbocycles. The van der Waals surface area contributed by atoms with Crippen LogP contribution >= 0.6 is 0 Å². The second-order valence-electron chi connectivity index (χ2n) is 5.28. The smallest absolute Gasteiger partial charge is 0.161 e. The summed E-state index contributed by atoms with van der Waals surface area (Å²) in [7, 11) is 1.67. The van der Waals surface area contributed by atoms with Crippen LogP contribution in [0.15, 0.2) is 42.7 Å². The van der Waals surface area contributed by atoms with Gasteiger partial charge in [0.05, 0.1) is 7.11 Å². The Morgan fingerprint density at radius 2 is 1.90 bits per heavy atom. The van der Waals surface area contributed by atoms with Crippen LogP contribution in [-0.4, -0.2) is 18.1 Å². The fraction of sp³-hybridized carbons (Fsp3) is 0.353. The number of nitrogens with one attached hydrogen (secondary N) is 1. The lowest BCUT2D eigenvalue weighted by Gasteiger charge is -2.12. The van der Waals surface area contributed by atoms with Crippen molar-refractivity contribution in [1.29, 1.82) is 0 Å². The Hall–Kier alpha value is -2.07. The molecule has 1 saturated carbocycles. The number of pyridine rings is 1. The summed E-state index contributed by atoms with van der Waals surface area (Å²) in [6, 6.07) is 10.7. The van der Waals surface area contributed by atoms with Crippen molar-refractivity contribution in [3.05, 3.63) is 53.9 Å². The molecule has 0 aliphatic heterocycles. The number of nitrogens with zero attached hydrogens (tertiary/aromatic N) is 1. The minimum Gasteiger partial charge on any atom is -0.493 e. The molecule has 1 N–H and O–H groups in total. The van der Waals surface area contributed by atoms with Gasteiger partial charge >= 0.3 is 0 Å². The van der Waals surface area contributed by atoms with Crippen LogP contribution < -0.4 is 14.8 Å². The summed E-state index contributed by atoms with van der Waals surface area (Å²) >= 11 is 0. The van der Waals surface area contributed by atoms with Crippen molar-refractivity contribution in [1.82, 2.24) is 10.3 Å². The Morgan fingerprint density at radius 1 is 1.10 bits per heavy atom. The van der Waals surface area contributed by atoms with E-state index in [1.165, 1.54) is 18.4 Å². The van der Waals surface area contributed by atoms with Gasteiger partial charge in [0.15, 0.2) is 11.5 Å². The molecular weight excluding hydrogens is 264 g/mol. The zero-order chi connectivity index (χ0) is 14.5. The van der Waals surface area contributed by atoms with E-state index in [4.69, 9.17) is 9.47 Å². The largest absolute Gasteiger partial charge is 0.493 e. The van der Waals surface area contributed by atoms with Gasteiger partial charge in [0, 0.05) is 25.0 Å². The summed E-state index contributed by atoms with van der Waals surface area (Å²) in [5.41, 5.74) is 2.31. The van der Waals surface area contributed by atoms with Crippen molar-refractivity contribution in [3.63, 3.8) is 0 Å². The maximum Gasteiger partial charge on any atom is 0.161 e. The van der Waals surface area contributed by atoms with Crippen LogP contribution in [0.4, 0.5) is 0 Å². The average molecular weight is 284 g/mol. The molecule has 3 rings (SSSR count). The molecule has 1 aromatic heterocycles. The quantitative estimate of drug-likeness (QED) is 0.849. The van der Waals surface area contributed by atoms with Gasteiger partial charge in [-0.05, 0) is 48.2 Å². The van der Waals surface area contributed by atoms with Gasteiger partial charge in [0.1, 0.15) is 6.61 Å².